The number of hydrogen-bond donors (Lipinski definition) is 0. The molecule has 2 fully saturated rings. The van der Waals surface area contributed by atoms with E-state index in [0.29, 0.717) is 23.1 Å². The van der Waals surface area contributed by atoms with Crippen molar-refractivity contribution in [1.29, 1.82) is 0 Å². The van der Waals surface area contributed by atoms with Crippen molar-refractivity contribution in [2.75, 3.05) is 13.1 Å². The summed E-state index contributed by atoms with van der Waals surface area (Å²) < 4.78 is 5.43. The fraction of sp³-hybridized carbons (Fsp3) is 0.529. The van der Waals surface area contributed by atoms with Crippen LogP contribution in [0.1, 0.15) is 26.3 Å². The highest BCUT2D eigenvalue weighted by Crippen LogP contribution is 2.63. The number of benzene rings is 1. The van der Waals surface area contributed by atoms with Gasteiger partial charge in [-0.05, 0) is 44.4 Å². The number of amides is 1. The van der Waals surface area contributed by atoms with E-state index in [4.69, 9.17) is 27.9 Å². The molecule has 1 saturated carbocycles. The Kier molecular flexibility index (Phi) is 3.88. The molecule has 0 radical (unpaired) electrons. The SMILES string of the molecule is CC(C)(C)OC(=O)N1C[C@@H]2[C@@H](C=O)[C@]2(c2ccc(Cl)c(Cl)c2)C1. The van der Waals surface area contributed by atoms with E-state index in [1.165, 1.54) is 0 Å². The van der Waals surface area contributed by atoms with Gasteiger partial charge in [0.1, 0.15) is 11.9 Å². The lowest BCUT2D eigenvalue weighted by Crippen LogP contribution is -2.39. The molecule has 23 heavy (non-hydrogen) atoms. The number of carbonyl (C=O) groups is 2. The van der Waals surface area contributed by atoms with Crippen LogP contribution in [0.5, 0.6) is 0 Å². The van der Waals surface area contributed by atoms with Crippen LogP contribution in [0.25, 0.3) is 0 Å². The predicted molar refractivity (Wildman–Crippen MR) is 89.0 cm³/mol. The topological polar surface area (TPSA) is 46.6 Å². The minimum atomic E-state index is -0.537. The van der Waals surface area contributed by atoms with E-state index in [1.807, 2.05) is 26.8 Å². The molecule has 1 heterocycles. The average molecular weight is 356 g/mol. The van der Waals surface area contributed by atoms with Crippen LogP contribution >= 0.6 is 23.2 Å². The Bertz CT molecular complexity index is 670. The molecular weight excluding hydrogens is 337 g/mol. The van der Waals surface area contributed by atoms with Gasteiger partial charge in [-0.1, -0.05) is 29.3 Å². The van der Waals surface area contributed by atoms with Crippen LogP contribution in [0.4, 0.5) is 4.79 Å². The van der Waals surface area contributed by atoms with Crippen molar-refractivity contribution in [3.8, 4) is 0 Å². The number of rotatable bonds is 2. The third-order valence-corrected chi connectivity index (χ3v) is 5.44. The number of piperidine rings is 1. The first kappa shape index (κ1) is 16.6. The van der Waals surface area contributed by atoms with Crippen molar-refractivity contribution in [3.05, 3.63) is 33.8 Å². The third-order valence-electron chi connectivity index (χ3n) is 4.71. The Morgan fingerprint density at radius 1 is 1.35 bits per heavy atom. The first-order valence-corrected chi connectivity index (χ1v) is 8.33. The maximum Gasteiger partial charge on any atom is 0.410 e. The van der Waals surface area contributed by atoms with Crippen LogP contribution < -0.4 is 0 Å². The van der Waals surface area contributed by atoms with Crippen molar-refractivity contribution in [2.45, 2.75) is 31.8 Å². The molecule has 1 aromatic carbocycles. The van der Waals surface area contributed by atoms with Gasteiger partial charge in [0.15, 0.2) is 0 Å². The molecule has 1 aliphatic heterocycles. The number of fused-ring (bicyclic) bond motifs is 1. The lowest BCUT2D eigenvalue weighted by molar-refractivity contribution is -0.109. The normalized spacial score (nSPS) is 29.2. The second-order valence-electron chi connectivity index (χ2n) is 7.30. The molecule has 0 unspecified atom stereocenters. The minimum absolute atomic E-state index is 0.0848. The summed E-state index contributed by atoms with van der Waals surface area (Å²) in [5.74, 6) is 0.0307. The molecule has 3 rings (SSSR count). The Morgan fingerprint density at radius 3 is 2.61 bits per heavy atom. The first-order valence-electron chi connectivity index (χ1n) is 7.58. The fourth-order valence-corrected chi connectivity index (χ4v) is 3.93. The van der Waals surface area contributed by atoms with Crippen molar-refractivity contribution in [3.63, 3.8) is 0 Å². The molecule has 124 valence electrons. The van der Waals surface area contributed by atoms with Crippen LogP contribution in [-0.2, 0) is 14.9 Å². The molecule has 0 aromatic heterocycles. The van der Waals surface area contributed by atoms with Gasteiger partial charge in [-0.25, -0.2) is 4.79 Å². The average Bonchev–Trinajstić information content (AvgIpc) is 2.87. The Hall–Kier alpha value is -1.26. The Labute approximate surface area is 145 Å². The summed E-state index contributed by atoms with van der Waals surface area (Å²) in [6, 6.07) is 5.43. The van der Waals surface area contributed by atoms with Crippen LogP contribution in [0.2, 0.25) is 10.0 Å². The highest BCUT2D eigenvalue weighted by Gasteiger charge is 2.70. The molecule has 3 atom stereocenters. The Morgan fingerprint density at radius 2 is 2.04 bits per heavy atom. The van der Waals surface area contributed by atoms with Crippen molar-refractivity contribution in [2.24, 2.45) is 11.8 Å². The molecule has 1 aliphatic carbocycles. The van der Waals surface area contributed by atoms with E-state index < -0.39 is 5.60 Å². The second kappa shape index (κ2) is 5.38. The summed E-state index contributed by atoms with van der Waals surface area (Å²) in [7, 11) is 0. The summed E-state index contributed by atoms with van der Waals surface area (Å²) in [6.45, 7) is 6.51. The van der Waals surface area contributed by atoms with E-state index >= 15 is 0 Å². The summed E-state index contributed by atoms with van der Waals surface area (Å²) >= 11 is 12.1. The van der Waals surface area contributed by atoms with Crippen LogP contribution in [0.3, 0.4) is 0 Å². The highest BCUT2D eigenvalue weighted by molar-refractivity contribution is 6.42. The zero-order valence-corrected chi connectivity index (χ0v) is 14.8. The maximum atomic E-state index is 12.3. The second-order valence-corrected chi connectivity index (χ2v) is 8.11. The van der Waals surface area contributed by atoms with Gasteiger partial charge in [-0.2, -0.15) is 0 Å². The van der Waals surface area contributed by atoms with Gasteiger partial charge >= 0.3 is 6.09 Å². The van der Waals surface area contributed by atoms with Gasteiger partial charge in [0, 0.05) is 24.4 Å². The minimum Gasteiger partial charge on any atom is -0.444 e. The number of aldehydes is 1. The quantitative estimate of drug-likeness (QED) is 0.755. The van der Waals surface area contributed by atoms with E-state index in [0.717, 1.165) is 11.8 Å². The molecule has 2 aliphatic rings. The highest BCUT2D eigenvalue weighted by atomic mass is 35.5. The van der Waals surface area contributed by atoms with Gasteiger partial charge in [-0.15, -0.1) is 0 Å². The molecule has 1 amide bonds. The maximum absolute atomic E-state index is 12.3. The number of likely N-dealkylation sites (tertiary alicyclic amines) is 1. The molecule has 0 bridgehead atoms. The lowest BCUT2D eigenvalue weighted by Gasteiger charge is -2.27. The largest absolute Gasteiger partial charge is 0.444 e. The van der Waals surface area contributed by atoms with Crippen LogP contribution in [0.15, 0.2) is 18.2 Å². The molecule has 4 nitrogen and oxygen atoms in total. The van der Waals surface area contributed by atoms with Gasteiger partial charge in [-0.3, -0.25) is 0 Å². The lowest BCUT2D eigenvalue weighted by atomic mass is 9.93. The number of hydrogen-bond acceptors (Lipinski definition) is 3. The van der Waals surface area contributed by atoms with Crippen LogP contribution in [0, 0.1) is 11.8 Å². The summed E-state index contributed by atoms with van der Waals surface area (Å²) in [4.78, 5) is 25.4. The van der Waals surface area contributed by atoms with Crippen LogP contribution in [-0.4, -0.2) is 36.0 Å². The standard InChI is InChI=1S/C17H19Cl2NO3/c1-16(2,3)23-15(22)20-7-11-12(8-21)17(11,9-20)10-4-5-13(18)14(19)6-10/h4-6,8,11-12H,7,9H2,1-3H3/t11-,12-,17+/m1/s1. The molecule has 1 aromatic rings. The number of nitrogens with zero attached hydrogens (tertiary/aromatic N) is 1. The first-order chi connectivity index (χ1) is 10.7. The fourth-order valence-electron chi connectivity index (χ4n) is 3.63. The molecule has 1 saturated heterocycles. The summed E-state index contributed by atoms with van der Waals surface area (Å²) in [6.07, 6.45) is 0.647. The number of ether oxygens (including phenoxy) is 1. The van der Waals surface area contributed by atoms with Gasteiger partial charge in [0.05, 0.1) is 10.0 Å². The molecular formula is C17H19Cl2NO3. The molecule has 0 spiro atoms. The van der Waals surface area contributed by atoms with E-state index in [1.54, 1.807) is 17.0 Å². The summed E-state index contributed by atoms with van der Waals surface area (Å²) in [5.41, 5.74) is 0.0671. The van der Waals surface area contributed by atoms with Crippen molar-refractivity contribution in [1.82, 2.24) is 4.90 Å². The molecule has 0 N–H and O–H groups in total. The zero-order chi connectivity index (χ0) is 17.0. The predicted octanol–water partition coefficient (Wildman–Crippen LogP) is 3.93. The number of carbonyl (C=O) groups excluding carboxylic acids is 2. The van der Waals surface area contributed by atoms with Crippen molar-refractivity contribution < 1.29 is 14.3 Å². The number of halogens is 2. The van der Waals surface area contributed by atoms with Crippen molar-refractivity contribution >= 4 is 35.6 Å². The van der Waals surface area contributed by atoms with Gasteiger partial charge in [0.25, 0.3) is 0 Å². The zero-order valence-electron chi connectivity index (χ0n) is 13.3. The third kappa shape index (κ3) is 2.72. The monoisotopic (exact) mass is 355 g/mol. The Balaban J connectivity index is 1.85. The van der Waals surface area contributed by atoms with E-state index in [9.17, 15) is 9.59 Å². The van der Waals surface area contributed by atoms with Gasteiger partial charge in [0.2, 0.25) is 0 Å². The van der Waals surface area contributed by atoms with E-state index in [-0.39, 0.29) is 23.3 Å². The van der Waals surface area contributed by atoms with Gasteiger partial charge < -0.3 is 14.4 Å². The van der Waals surface area contributed by atoms with E-state index in [2.05, 4.69) is 0 Å². The molecule has 6 heteroatoms. The smallest absolute Gasteiger partial charge is 0.410 e. The summed E-state index contributed by atoms with van der Waals surface area (Å²) in [5, 5.41) is 0.943.